The predicted molar refractivity (Wildman–Crippen MR) is 84.0 cm³/mol. The third-order valence-electron chi connectivity index (χ3n) is 3.87. The molecule has 0 unspecified atom stereocenters. The molecule has 23 heavy (non-hydrogen) atoms. The summed E-state index contributed by atoms with van der Waals surface area (Å²) >= 11 is 0. The van der Waals surface area contributed by atoms with Crippen molar-refractivity contribution in [2.24, 2.45) is 12.8 Å². The van der Waals surface area contributed by atoms with Gasteiger partial charge in [-0.25, -0.2) is 9.37 Å². The first-order valence-electron chi connectivity index (χ1n) is 7.48. The van der Waals surface area contributed by atoms with Gasteiger partial charge in [-0.2, -0.15) is 0 Å². The quantitative estimate of drug-likeness (QED) is 0.889. The van der Waals surface area contributed by atoms with Gasteiger partial charge in [-0.15, -0.1) is 0 Å². The molecular formula is C16H19FN4O2. The summed E-state index contributed by atoms with van der Waals surface area (Å²) in [7, 11) is 1.86. The highest BCUT2D eigenvalue weighted by Crippen LogP contribution is 2.28. The number of amides is 1. The van der Waals surface area contributed by atoms with Crippen LogP contribution in [0.5, 0.6) is 5.75 Å². The van der Waals surface area contributed by atoms with Crippen LogP contribution in [0.4, 0.5) is 4.39 Å². The van der Waals surface area contributed by atoms with Gasteiger partial charge in [0.25, 0.3) is 5.91 Å². The Hall–Kier alpha value is -2.41. The number of carbonyl (C=O) groups is 1. The SMILES string of the molecule is Cn1cnc(-c2ccc(O[C@H]3CCNC[C@H]3F)c(C(N)=O)c2)c1. The van der Waals surface area contributed by atoms with E-state index in [2.05, 4.69) is 10.3 Å². The van der Waals surface area contributed by atoms with Crippen molar-refractivity contribution in [3.63, 3.8) is 0 Å². The molecule has 1 aromatic carbocycles. The molecule has 1 aliphatic rings. The maximum Gasteiger partial charge on any atom is 0.252 e. The van der Waals surface area contributed by atoms with E-state index in [-0.39, 0.29) is 12.1 Å². The molecule has 0 aliphatic carbocycles. The lowest BCUT2D eigenvalue weighted by Crippen LogP contribution is -2.44. The molecule has 3 rings (SSSR count). The van der Waals surface area contributed by atoms with Gasteiger partial charge in [0.1, 0.15) is 18.0 Å². The van der Waals surface area contributed by atoms with E-state index in [1.807, 2.05) is 17.8 Å². The van der Waals surface area contributed by atoms with Crippen LogP contribution < -0.4 is 15.8 Å². The Morgan fingerprint density at radius 2 is 2.35 bits per heavy atom. The van der Waals surface area contributed by atoms with Crippen molar-refractivity contribution in [1.29, 1.82) is 0 Å². The van der Waals surface area contributed by atoms with E-state index < -0.39 is 18.2 Å². The maximum absolute atomic E-state index is 13.9. The van der Waals surface area contributed by atoms with Gasteiger partial charge in [-0.05, 0) is 31.2 Å². The van der Waals surface area contributed by atoms with Gasteiger partial charge in [0.15, 0.2) is 0 Å². The van der Waals surface area contributed by atoms with E-state index in [9.17, 15) is 9.18 Å². The average molecular weight is 318 g/mol. The van der Waals surface area contributed by atoms with Gasteiger partial charge in [0.05, 0.1) is 17.6 Å². The summed E-state index contributed by atoms with van der Waals surface area (Å²) < 4.78 is 21.4. The zero-order valence-electron chi connectivity index (χ0n) is 12.8. The molecule has 6 nitrogen and oxygen atoms in total. The van der Waals surface area contributed by atoms with Crippen LogP contribution in [-0.2, 0) is 7.05 Å². The highest BCUT2D eigenvalue weighted by atomic mass is 19.1. The van der Waals surface area contributed by atoms with Gasteiger partial charge < -0.3 is 20.4 Å². The Bertz CT molecular complexity index is 716. The number of ether oxygens (including phenoxy) is 1. The van der Waals surface area contributed by atoms with Crippen LogP contribution in [0.3, 0.4) is 0 Å². The summed E-state index contributed by atoms with van der Waals surface area (Å²) in [5.41, 5.74) is 7.18. The molecule has 122 valence electrons. The number of hydrogen-bond donors (Lipinski definition) is 2. The number of hydrogen-bond acceptors (Lipinski definition) is 4. The van der Waals surface area contributed by atoms with Crippen LogP contribution in [0.2, 0.25) is 0 Å². The van der Waals surface area contributed by atoms with E-state index in [1.165, 1.54) is 0 Å². The number of imidazole rings is 1. The lowest BCUT2D eigenvalue weighted by Gasteiger charge is -2.28. The fourth-order valence-corrected chi connectivity index (χ4v) is 2.64. The molecule has 1 aliphatic heterocycles. The molecular weight excluding hydrogens is 299 g/mol. The number of alkyl halides is 1. The number of benzene rings is 1. The fraction of sp³-hybridized carbons (Fsp3) is 0.375. The normalized spacial score (nSPS) is 21.1. The Morgan fingerprint density at radius 1 is 1.52 bits per heavy atom. The van der Waals surface area contributed by atoms with E-state index in [4.69, 9.17) is 10.5 Å². The number of nitrogens with two attached hydrogens (primary N) is 1. The molecule has 1 aromatic heterocycles. The molecule has 0 radical (unpaired) electrons. The Balaban J connectivity index is 1.89. The highest BCUT2D eigenvalue weighted by molar-refractivity contribution is 5.96. The lowest BCUT2D eigenvalue weighted by atomic mass is 10.1. The monoisotopic (exact) mass is 318 g/mol. The maximum atomic E-state index is 13.9. The van der Waals surface area contributed by atoms with Crippen LogP contribution in [-0.4, -0.2) is 40.8 Å². The number of aromatic nitrogens is 2. The third kappa shape index (κ3) is 3.34. The van der Waals surface area contributed by atoms with Crippen molar-refractivity contribution in [2.45, 2.75) is 18.7 Å². The second kappa shape index (κ2) is 6.37. The second-order valence-corrected chi connectivity index (χ2v) is 5.66. The van der Waals surface area contributed by atoms with E-state index in [0.717, 1.165) is 11.3 Å². The number of nitrogens with zero attached hydrogens (tertiary/aromatic N) is 2. The zero-order valence-corrected chi connectivity index (χ0v) is 12.8. The molecule has 2 heterocycles. The molecule has 0 spiro atoms. The van der Waals surface area contributed by atoms with Crippen LogP contribution in [0.15, 0.2) is 30.7 Å². The van der Waals surface area contributed by atoms with Crippen LogP contribution in [0.1, 0.15) is 16.8 Å². The van der Waals surface area contributed by atoms with E-state index in [0.29, 0.717) is 18.7 Å². The number of rotatable bonds is 4. The van der Waals surface area contributed by atoms with Crippen molar-refractivity contribution >= 4 is 5.91 Å². The smallest absolute Gasteiger partial charge is 0.252 e. The topological polar surface area (TPSA) is 82.2 Å². The number of piperidine rings is 1. The van der Waals surface area contributed by atoms with E-state index in [1.54, 1.807) is 24.5 Å². The molecule has 2 aromatic rings. The zero-order chi connectivity index (χ0) is 16.4. The lowest BCUT2D eigenvalue weighted by molar-refractivity contribution is 0.0713. The first kappa shape index (κ1) is 15.5. The summed E-state index contributed by atoms with van der Waals surface area (Å²) in [6, 6.07) is 5.07. The second-order valence-electron chi connectivity index (χ2n) is 5.66. The third-order valence-corrected chi connectivity index (χ3v) is 3.87. The number of halogens is 1. The molecule has 0 saturated carbocycles. The number of primary amides is 1. The molecule has 1 saturated heterocycles. The number of aryl methyl sites for hydroxylation is 1. The Morgan fingerprint density at radius 3 is 3.00 bits per heavy atom. The molecule has 1 fully saturated rings. The number of carbonyl (C=O) groups excluding carboxylic acids is 1. The van der Waals surface area contributed by atoms with Crippen molar-refractivity contribution in [3.8, 4) is 17.0 Å². The predicted octanol–water partition coefficient (Wildman–Crippen LogP) is 1.26. The van der Waals surface area contributed by atoms with E-state index >= 15 is 0 Å². The summed E-state index contributed by atoms with van der Waals surface area (Å²) in [4.78, 5) is 16.0. The standard InChI is InChI=1S/C16H19FN4O2/c1-21-8-13(20-9-21)10-2-3-14(11(6-10)16(18)22)23-15-4-5-19-7-12(15)17/h2-3,6,8-9,12,15,19H,4-5,7H2,1H3,(H2,18,22)/t12-,15+/m1/s1. The van der Waals surface area contributed by atoms with Gasteiger partial charge in [0.2, 0.25) is 0 Å². The molecule has 2 atom stereocenters. The van der Waals surface area contributed by atoms with Gasteiger partial charge in [0, 0.05) is 25.4 Å². The molecule has 3 N–H and O–H groups in total. The summed E-state index contributed by atoms with van der Waals surface area (Å²) in [6.07, 6.45) is 2.37. The molecule has 0 bridgehead atoms. The first-order valence-corrected chi connectivity index (χ1v) is 7.48. The Labute approximate surface area is 133 Å². The van der Waals surface area contributed by atoms with Crippen molar-refractivity contribution in [2.75, 3.05) is 13.1 Å². The van der Waals surface area contributed by atoms with Crippen LogP contribution >= 0.6 is 0 Å². The molecule has 1 amide bonds. The van der Waals surface area contributed by atoms with Crippen molar-refractivity contribution in [1.82, 2.24) is 14.9 Å². The van der Waals surface area contributed by atoms with Gasteiger partial charge in [-0.3, -0.25) is 4.79 Å². The first-order chi connectivity index (χ1) is 11.0. The summed E-state index contributed by atoms with van der Waals surface area (Å²) in [5, 5.41) is 2.96. The molecule has 7 heteroatoms. The summed E-state index contributed by atoms with van der Waals surface area (Å²) in [5.74, 6) is -0.297. The van der Waals surface area contributed by atoms with Crippen molar-refractivity contribution < 1.29 is 13.9 Å². The number of nitrogens with one attached hydrogen (secondary N) is 1. The highest BCUT2D eigenvalue weighted by Gasteiger charge is 2.27. The van der Waals surface area contributed by atoms with Crippen LogP contribution in [0.25, 0.3) is 11.3 Å². The summed E-state index contributed by atoms with van der Waals surface area (Å²) in [6.45, 7) is 0.936. The minimum Gasteiger partial charge on any atom is -0.486 e. The Kier molecular flexibility index (Phi) is 4.29. The van der Waals surface area contributed by atoms with Gasteiger partial charge >= 0.3 is 0 Å². The van der Waals surface area contributed by atoms with Crippen LogP contribution in [0, 0.1) is 0 Å². The minimum atomic E-state index is -1.11. The fourth-order valence-electron chi connectivity index (χ4n) is 2.64. The van der Waals surface area contributed by atoms with Gasteiger partial charge in [-0.1, -0.05) is 0 Å². The largest absolute Gasteiger partial charge is 0.486 e. The average Bonchev–Trinajstić information content (AvgIpc) is 2.96. The van der Waals surface area contributed by atoms with Crippen molar-refractivity contribution in [3.05, 3.63) is 36.3 Å². The minimum absolute atomic E-state index is 0.235.